The van der Waals surface area contributed by atoms with Crippen molar-refractivity contribution in [3.63, 3.8) is 0 Å². The van der Waals surface area contributed by atoms with Crippen LogP contribution in [0.1, 0.15) is 51.2 Å². The summed E-state index contributed by atoms with van der Waals surface area (Å²) in [4.78, 5) is 54.1. The van der Waals surface area contributed by atoms with E-state index in [1.54, 1.807) is 11.8 Å². The highest BCUT2D eigenvalue weighted by Gasteiger charge is 2.47. The molecule has 4 amide bonds. The van der Waals surface area contributed by atoms with Gasteiger partial charge < -0.3 is 10.2 Å². The van der Waals surface area contributed by atoms with Gasteiger partial charge in [0, 0.05) is 25.6 Å². The zero-order valence-corrected chi connectivity index (χ0v) is 19.3. The first-order chi connectivity index (χ1) is 15.2. The first-order valence-corrected chi connectivity index (χ1v) is 11.3. The van der Waals surface area contributed by atoms with Gasteiger partial charge in [-0.2, -0.15) is 0 Å². The molecular formula is C25H33N3O4. The Morgan fingerprint density at radius 2 is 1.66 bits per heavy atom. The maximum absolute atomic E-state index is 13.3. The van der Waals surface area contributed by atoms with E-state index in [0.29, 0.717) is 12.8 Å². The lowest BCUT2D eigenvalue weighted by molar-refractivity contribution is -0.143. The summed E-state index contributed by atoms with van der Waals surface area (Å²) < 4.78 is 0. The van der Waals surface area contributed by atoms with Crippen LogP contribution in [0.15, 0.2) is 36.4 Å². The number of hydrogen-bond acceptors (Lipinski definition) is 4. The summed E-state index contributed by atoms with van der Waals surface area (Å²) in [6, 6.07) is 7.01. The predicted molar refractivity (Wildman–Crippen MR) is 121 cm³/mol. The summed E-state index contributed by atoms with van der Waals surface area (Å²) in [5.74, 6) is -1.47. The average Bonchev–Trinajstić information content (AvgIpc) is 3.00. The van der Waals surface area contributed by atoms with Gasteiger partial charge in [0.05, 0.1) is 11.8 Å². The van der Waals surface area contributed by atoms with E-state index in [9.17, 15) is 19.2 Å². The van der Waals surface area contributed by atoms with Crippen LogP contribution >= 0.6 is 0 Å². The lowest BCUT2D eigenvalue weighted by Crippen LogP contribution is -2.49. The van der Waals surface area contributed by atoms with E-state index < -0.39 is 6.04 Å². The van der Waals surface area contributed by atoms with E-state index in [1.807, 2.05) is 57.2 Å². The van der Waals surface area contributed by atoms with E-state index in [4.69, 9.17) is 0 Å². The predicted octanol–water partition coefficient (Wildman–Crippen LogP) is 2.58. The Labute approximate surface area is 189 Å². The number of rotatable bonds is 8. The molecule has 0 spiro atoms. The zero-order valence-electron chi connectivity index (χ0n) is 19.3. The second kappa shape index (κ2) is 10.1. The SMILES string of the molecule is Cc1ccccc1CN(C(=O)CCN1C(=O)[C@H]2CC=CC[C@H]2C1=O)[C@H](C)C(=O)NC(C)C. The van der Waals surface area contributed by atoms with Crippen molar-refractivity contribution >= 4 is 23.6 Å². The number of benzene rings is 1. The number of fused-ring (bicyclic) bond motifs is 1. The number of amides is 4. The van der Waals surface area contributed by atoms with Crippen LogP contribution in [0.4, 0.5) is 0 Å². The van der Waals surface area contributed by atoms with Crippen molar-refractivity contribution < 1.29 is 19.2 Å². The molecule has 1 aromatic carbocycles. The normalized spacial score (nSPS) is 21.0. The summed E-state index contributed by atoms with van der Waals surface area (Å²) in [6.45, 7) is 7.75. The third-order valence-corrected chi connectivity index (χ3v) is 6.35. The number of carbonyl (C=O) groups is 4. The van der Waals surface area contributed by atoms with Crippen molar-refractivity contribution in [1.29, 1.82) is 0 Å². The minimum absolute atomic E-state index is 0.00444. The van der Waals surface area contributed by atoms with Crippen LogP contribution in [0.3, 0.4) is 0 Å². The molecule has 1 saturated heterocycles. The van der Waals surface area contributed by atoms with Crippen molar-refractivity contribution in [2.75, 3.05) is 6.54 Å². The summed E-state index contributed by atoms with van der Waals surface area (Å²) >= 11 is 0. The number of allylic oxidation sites excluding steroid dienone is 2. The van der Waals surface area contributed by atoms with E-state index in [2.05, 4.69) is 5.32 Å². The Bertz CT molecular complexity index is 898. The molecule has 1 aliphatic heterocycles. The molecular weight excluding hydrogens is 406 g/mol. The van der Waals surface area contributed by atoms with Gasteiger partial charge >= 0.3 is 0 Å². The Hall–Kier alpha value is -2.96. The average molecular weight is 440 g/mol. The minimum atomic E-state index is -0.679. The van der Waals surface area contributed by atoms with E-state index in [1.165, 1.54) is 4.90 Å². The molecule has 1 N–H and O–H groups in total. The molecule has 0 radical (unpaired) electrons. The number of nitrogens with zero attached hydrogens (tertiary/aromatic N) is 2. The molecule has 172 valence electrons. The van der Waals surface area contributed by atoms with Crippen LogP contribution < -0.4 is 5.32 Å². The molecule has 3 atom stereocenters. The summed E-state index contributed by atoms with van der Waals surface area (Å²) in [6.07, 6.45) is 5.03. The van der Waals surface area contributed by atoms with Crippen LogP contribution in [0, 0.1) is 18.8 Å². The highest BCUT2D eigenvalue weighted by molar-refractivity contribution is 6.05. The molecule has 1 fully saturated rings. The third-order valence-electron chi connectivity index (χ3n) is 6.35. The van der Waals surface area contributed by atoms with Gasteiger partial charge in [-0.1, -0.05) is 36.4 Å². The van der Waals surface area contributed by atoms with Gasteiger partial charge in [-0.25, -0.2) is 0 Å². The van der Waals surface area contributed by atoms with Gasteiger partial charge in [-0.05, 0) is 51.7 Å². The number of imide groups is 1. The minimum Gasteiger partial charge on any atom is -0.352 e. The number of nitrogens with one attached hydrogen (secondary N) is 1. The maximum Gasteiger partial charge on any atom is 0.242 e. The highest BCUT2D eigenvalue weighted by Crippen LogP contribution is 2.35. The second-order valence-electron chi connectivity index (χ2n) is 9.02. The Morgan fingerprint density at radius 1 is 1.06 bits per heavy atom. The van der Waals surface area contributed by atoms with Crippen LogP contribution in [0.25, 0.3) is 0 Å². The summed E-state index contributed by atoms with van der Waals surface area (Å²) in [5.41, 5.74) is 1.98. The van der Waals surface area contributed by atoms with E-state index in [-0.39, 0.29) is 61.0 Å². The topological polar surface area (TPSA) is 86.8 Å². The first-order valence-electron chi connectivity index (χ1n) is 11.3. The first kappa shape index (κ1) is 23.7. The van der Waals surface area contributed by atoms with Crippen LogP contribution in [-0.2, 0) is 25.7 Å². The van der Waals surface area contributed by atoms with E-state index >= 15 is 0 Å². The Kier molecular flexibility index (Phi) is 7.48. The smallest absolute Gasteiger partial charge is 0.242 e. The Balaban J connectivity index is 1.73. The number of hydrogen-bond donors (Lipinski definition) is 1. The zero-order chi connectivity index (χ0) is 23.4. The lowest BCUT2D eigenvalue weighted by Gasteiger charge is -2.30. The molecule has 0 aromatic heterocycles. The molecule has 7 nitrogen and oxygen atoms in total. The van der Waals surface area contributed by atoms with Crippen molar-refractivity contribution in [3.05, 3.63) is 47.5 Å². The van der Waals surface area contributed by atoms with Crippen molar-refractivity contribution in [1.82, 2.24) is 15.1 Å². The van der Waals surface area contributed by atoms with E-state index in [0.717, 1.165) is 11.1 Å². The van der Waals surface area contributed by atoms with Crippen molar-refractivity contribution in [3.8, 4) is 0 Å². The van der Waals surface area contributed by atoms with Crippen molar-refractivity contribution in [2.45, 2.75) is 65.6 Å². The molecule has 3 rings (SSSR count). The quantitative estimate of drug-likeness (QED) is 0.498. The standard InChI is InChI=1S/C25H33N3O4/c1-16(2)26-23(30)18(4)28(15-19-10-6-5-9-17(19)3)22(29)13-14-27-24(31)20-11-7-8-12-21(20)25(27)32/h5-10,16,18,20-21H,11-15H2,1-4H3,(H,26,30)/t18-,20-,21+/m1/s1. The lowest BCUT2D eigenvalue weighted by atomic mass is 9.85. The molecule has 1 aliphatic carbocycles. The van der Waals surface area contributed by atoms with Crippen LogP contribution in [-0.4, -0.2) is 52.1 Å². The fourth-order valence-corrected chi connectivity index (χ4v) is 4.40. The molecule has 1 aromatic rings. The number of aryl methyl sites for hydroxylation is 1. The fourth-order valence-electron chi connectivity index (χ4n) is 4.40. The third kappa shape index (κ3) is 5.09. The highest BCUT2D eigenvalue weighted by atomic mass is 16.2. The molecule has 1 heterocycles. The van der Waals surface area contributed by atoms with Crippen molar-refractivity contribution in [2.24, 2.45) is 11.8 Å². The Morgan fingerprint density at radius 3 is 2.22 bits per heavy atom. The monoisotopic (exact) mass is 439 g/mol. The van der Waals surface area contributed by atoms with Gasteiger partial charge in [-0.3, -0.25) is 24.1 Å². The molecule has 0 saturated carbocycles. The molecule has 7 heteroatoms. The van der Waals surface area contributed by atoms with Crippen LogP contribution in [0.2, 0.25) is 0 Å². The molecule has 0 bridgehead atoms. The molecule has 32 heavy (non-hydrogen) atoms. The van der Waals surface area contributed by atoms with Gasteiger partial charge in [0.2, 0.25) is 23.6 Å². The summed E-state index contributed by atoms with van der Waals surface area (Å²) in [7, 11) is 0. The molecule has 2 aliphatic rings. The van der Waals surface area contributed by atoms with Gasteiger partial charge in [0.1, 0.15) is 6.04 Å². The number of likely N-dealkylation sites (tertiary alicyclic amines) is 1. The second-order valence-corrected chi connectivity index (χ2v) is 9.02. The maximum atomic E-state index is 13.3. The van der Waals surface area contributed by atoms with Gasteiger partial charge in [-0.15, -0.1) is 0 Å². The molecule has 0 unspecified atom stereocenters. The van der Waals surface area contributed by atoms with Crippen LogP contribution in [0.5, 0.6) is 0 Å². The van der Waals surface area contributed by atoms with Gasteiger partial charge in [0.15, 0.2) is 0 Å². The largest absolute Gasteiger partial charge is 0.352 e. The fraction of sp³-hybridized carbons (Fsp3) is 0.520. The summed E-state index contributed by atoms with van der Waals surface area (Å²) in [5, 5.41) is 2.86. The number of carbonyl (C=O) groups excluding carboxylic acids is 4. The van der Waals surface area contributed by atoms with Gasteiger partial charge in [0.25, 0.3) is 0 Å².